The van der Waals surface area contributed by atoms with Crippen LogP contribution in [0, 0.1) is 0 Å². The second-order valence-corrected chi connectivity index (χ2v) is 6.38. The highest BCUT2D eigenvalue weighted by Gasteiger charge is 2.31. The van der Waals surface area contributed by atoms with Gasteiger partial charge in [0.1, 0.15) is 4.90 Å². The molecule has 17 heavy (non-hydrogen) atoms. The summed E-state index contributed by atoms with van der Waals surface area (Å²) in [6.45, 7) is 5.22. The Hall–Kier alpha value is -0.880. The van der Waals surface area contributed by atoms with Crippen LogP contribution >= 0.6 is 0 Å². The molecule has 0 saturated carbocycles. The Labute approximate surface area is 102 Å². The van der Waals surface area contributed by atoms with E-state index >= 15 is 0 Å². The van der Waals surface area contributed by atoms with E-state index in [1.54, 1.807) is 15.2 Å². The number of aryl methyl sites for hydroxylation is 1. The van der Waals surface area contributed by atoms with E-state index in [4.69, 9.17) is 0 Å². The molecule has 1 saturated heterocycles. The summed E-state index contributed by atoms with van der Waals surface area (Å²) in [5.74, 6) is 0. The first-order valence-corrected chi connectivity index (χ1v) is 7.54. The highest BCUT2D eigenvalue weighted by atomic mass is 32.2. The molecule has 5 nitrogen and oxygen atoms in total. The molecule has 0 amide bonds. The predicted octanol–water partition coefficient (Wildman–Crippen LogP) is 1.47. The van der Waals surface area contributed by atoms with Crippen molar-refractivity contribution in [1.29, 1.82) is 0 Å². The summed E-state index contributed by atoms with van der Waals surface area (Å²) in [6, 6.07) is 0.0960. The molecule has 0 radical (unpaired) electrons. The molecule has 1 aromatic rings. The lowest BCUT2D eigenvalue weighted by Gasteiger charge is -2.31. The van der Waals surface area contributed by atoms with Crippen LogP contribution in [0.5, 0.6) is 0 Å². The van der Waals surface area contributed by atoms with Crippen LogP contribution in [0.4, 0.5) is 0 Å². The topological polar surface area (TPSA) is 55.2 Å². The lowest BCUT2D eigenvalue weighted by Crippen LogP contribution is -2.41. The van der Waals surface area contributed by atoms with Crippen molar-refractivity contribution >= 4 is 10.0 Å². The normalized spacial score (nSPS) is 22.8. The van der Waals surface area contributed by atoms with E-state index in [1.807, 2.05) is 13.8 Å². The molecule has 2 rings (SSSR count). The maximum atomic E-state index is 12.4. The van der Waals surface area contributed by atoms with Crippen molar-refractivity contribution in [1.82, 2.24) is 14.1 Å². The van der Waals surface area contributed by atoms with Crippen molar-refractivity contribution < 1.29 is 8.42 Å². The Bertz CT molecular complexity index is 481. The van der Waals surface area contributed by atoms with Gasteiger partial charge in [-0.3, -0.25) is 4.68 Å². The monoisotopic (exact) mass is 257 g/mol. The summed E-state index contributed by atoms with van der Waals surface area (Å²) in [6.07, 6.45) is 6.06. The Kier molecular flexibility index (Phi) is 3.53. The Morgan fingerprint density at radius 2 is 2.24 bits per heavy atom. The summed E-state index contributed by atoms with van der Waals surface area (Å²) in [5, 5.41) is 4.03. The van der Waals surface area contributed by atoms with Gasteiger partial charge in [0.2, 0.25) is 10.0 Å². The summed E-state index contributed by atoms with van der Waals surface area (Å²) in [5.41, 5.74) is 0. The lowest BCUT2D eigenvalue weighted by atomic mass is 10.1. The van der Waals surface area contributed by atoms with Gasteiger partial charge in [0.05, 0.1) is 6.20 Å². The fraction of sp³-hybridized carbons (Fsp3) is 0.727. The molecule has 1 atom stereocenters. The minimum absolute atomic E-state index is 0.0960. The number of nitrogens with zero attached hydrogens (tertiary/aromatic N) is 3. The van der Waals surface area contributed by atoms with E-state index in [2.05, 4.69) is 5.10 Å². The van der Waals surface area contributed by atoms with Gasteiger partial charge in [0, 0.05) is 25.3 Å². The zero-order valence-electron chi connectivity index (χ0n) is 10.3. The van der Waals surface area contributed by atoms with E-state index in [9.17, 15) is 8.42 Å². The van der Waals surface area contributed by atoms with Crippen LogP contribution in [-0.4, -0.2) is 35.1 Å². The van der Waals surface area contributed by atoms with Gasteiger partial charge in [-0.25, -0.2) is 8.42 Å². The Morgan fingerprint density at radius 1 is 1.47 bits per heavy atom. The van der Waals surface area contributed by atoms with Crippen LogP contribution in [0.1, 0.15) is 33.1 Å². The Morgan fingerprint density at radius 3 is 2.82 bits per heavy atom. The smallest absolute Gasteiger partial charge is 0.246 e. The van der Waals surface area contributed by atoms with Gasteiger partial charge < -0.3 is 0 Å². The number of aromatic nitrogens is 2. The highest BCUT2D eigenvalue weighted by molar-refractivity contribution is 7.89. The van der Waals surface area contributed by atoms with Gasteiger partial charge in [-0.05, 0) is 26.7 Å². The number of hydrogen-bond acceptors (Lipinski definition) is 3. The number of sulfonamides is 1. The number of hydrogen-bond donors (Lipinski definition) is 0. The first kappa shape index (κ1) is 12.6. The molecular weight excluding hydrogens is 238 g/mol. The fourth-order valence-electron chi connectivity index (χ4n) is 2.21. The third-order valence-electron chi connectivity index (χ3n) is 3.28. The van der Waals surface area contributed by atoms with Gasteiger partial charge in [-0.1, -0.05) is 6.42 Å². The molecule has 0 aromatic carbocycles. The van der Waals surface area contributed by atoms with Gasteiger partial charge in [0.15, 0.2) is 0 Å². The Balaban J connectivity index is 2.28. The van der Waals surface area contributed by atoms with Crippen molar-refractivity contribution in [3.05, 3.63) is 12.4 Å². The average molecular weight is 257 g/mol. The molecule has 1 fully saturated rings. The summed E-state index contributed by atoms with van der Waals surface area (Å²) in [7, 11) is -3.35. The summed E-state index contributed by atoms with van der Waals surface area (Å²) in [4.78, 5) is 0.313. The van der Waals surface area contributed by atoms with Gasteiger partial charge in [0.25, 0.3) is 0 Å². The van der Waals surface area contributed by atoms with Crippen molar-refractivity contribution in [3.8, 4) is 0 Å². The van der Waals surface area contributed by atoms with Crippen molar-refractivity contribution in [2.24, 2.45) is 0 Å². The maximum Gasteiger partial charge on any atom is 0.246 e. The summed E-state index contributed by atoms with van der Waals surface area (Å²) < 4.78 is 28.0. The van der Waals surface area contributed by atoms with Crippen LogP contribution in [0.3, 0.4) is 0 Å². The van der Waals surface area contributed by atoms with Crippen LogP contribution in [0.2, 0.25) is 0 Å². The van der Waals surface area contributed by atoms with Crippen molar-refractivity contribution in [3.63, 3.8) is 0 Å². The van der Waals surface area contributed by atoms with E-state index in [-0.39, 0.29) is 6.04 Å². The molecular formula is C11H19N3O2S. The zero-order valence-corrected chi connectivity index (χ0v) is 11.2. The molecule has 1 aromatic heterocycles. The predicted molar refractivity (Wildman–Crippen MR) is 65.1 cm³/mol. The van der Waals surface area contributed by atoms with Gasteiger partial charge in [-0.2, -0.15) is 9.40 Å². The van der Waals surface area contributed by atoms with E-state index in [1.165, 1.54) is 6.20 Å². The van der Waals surface area contributed by atoms with Gasteiger partial charge >= 0.3 is 0 Å². The molecule has 2 heterocycles. The fourth-order valence-corrected chi connectivity index (χ4v) is 3.87. The van der Waals surface area contributed by atoms with Crippen molar-refractivity contribution in [2.75, 3.05) is 6.54 Å². The second-order valence-electron chi connectivity index (χ2n) is 4.49. The van der Waals surface area contributed by atoms with E-state index < -0.39 is 10.0 Å². The number of rotatable bonds is 3. The van der Waals surface area contributed by atoms with Gasteiger partial charge in [-0.15, -0.1) is 0 Å². The van der Waals surface area contributed by atoms with Crippen molar-refractivity contribution in [2.45, 2.75) is 50.6 Å². The summed E-state index contributed by atoms with van der Waals surface area (Å²) >= 11 is 0. The molecule has 1 aliphatic heterocycles. The number of piperidine rings is 1. The molecule has 1 aliphatic rings. The van der Waals surface area contributed by atoms with E-state index in [0.717, 1.165) is 19.3 Å². The van der Waals surface area contributed by atoms with Crippen LogP contribution < -0.4 is 0 Å². The largest absolute Gasteiger partial charge is 0.272 e. The zero-order chi connectivity index (χ0) is 12.5. The SMILES string of the molecule is CCn1cc(S(=O)(=O)N2CCCC[C@H]2C)cn1. The van der Waals surface area contributed by atoms with E-state index in [0.29, 0.717) is 18.0 Å². The molecule has 0 aliphatic carbocycles. The molecule has 6 heteroatoms. The lowest BCUT2D eigenvalue weighted by molar-refractivity contribution is 0.268. The minimum Gasteiger partial charge on any atom is -0.272 e. The van der Waals surface area contributed by atoms with Crippen LogP contribution in [0.25, 0.3) is 0 Å². The first-order valence-electron chi connectivity index (χ1n) is 6.10. The third-order valence-corrected chi connectivity index (χ3v) is 5.25. The molecule has 0 N–H and O–H groups in total. The standard InChI is InChI=1S/C11H19N3O2S/c1-3-13-9-11(8-12-13)17(15,16)14-7-5-4-6-10(14)2/h8-10H,3-7H2,1-2H3/t10-/m1/s1. The maximum absolute atomic E-state index is 12.4. The second kappa shape index (κ2) is 4.78. The first-order chi connectivity index (χ1) is 8.05. The molecule has 0 unspecified atom stereocenters. The molecule has 96 valence electrons. The van der Waals surface area contributed by atoms with Crippen LogP contribution in [-0.2, 0) is 16.6 Å². The minimum atomic E-state index is -3.35. The van der Waals surface area contributed by atoms with Crippen LogP contribution in [0.15, 0.2) is 17.3 Å². The molecule has 0 spiro atoms. The molecule has 0 bridgehead atoms. The third kappa shape index (κ3) is 2.37. The average Bonchev–Trinajstić information content (AvgIpc) is 2.78. The quantitative estimate of drug-likeness (QED) is 0.824. The highest BCUT2D eigenvalue weighted by Crippen LogP contribution is 2.24.